The van der Waals surface area contributed by atoms with Crippen molar-refractivity contribution in [3.8, 4) is 6.07 Å². The molecule has 16 heavy (non-hydrogen) atoms. The first-order valence-electron chi connectivity index (χ1n) is 6.42. The molecule has 0 amide bonds. The summed E-state index contributed by atoms with van der Waals surface area (Å²) in [5, 5.41) is 12.4. The van der Waals surface area contributed by atoms with E-state index in [1.54, 1.807) is 0 Å². The molecule has 0 aromatic rings. The van der Waals surface area contributed by atoms with Gasteiger partial charge in [-0.1, -0.05) is 13.8 Å². The number of nitrogens with one attached hydrogen (secondary N) is 1. The molecule has 0 aromatic carbocycles. The van der Waals surface area contributed by atoms with Gasteiger partial charge in [0, 0.05) is 13.2 Å². The van der Waals surface area contributed by atoms with E-state index in [1.165, 1.54) is 0 Å². The van der Waals surface area contributed by atoms with Crippen molar-refractivity contribution in [2.45, 2.75) is 58.4 Å². The van der Waals surface area contributed by atoms with Crippen LogP contribution in [0.2, 0.25) is 0 Å². The highest BCUT2D eigenvalue weighted by atomic mass is 16.5. The maximum Gasteiger partial charge on any atom is 0.103 e. The molecule has 1 unspecified atom stereocenters. The first-order valence-corrected chi connectivity index (χ1v) is 6.42. The Labute approximate surface area is 100 Å². The molecule has 1 N–H and O–H groups in total. The van der Waals surface area contributed by atoms with Crippen molar-refractivity contribution in [2.75, 3.05) is 19.8 Å². The van der Waals surface area contributed by atoms with Gasteiger partial charge in [0.1, 0.15) is 5.54 Å². The summed E-state index contributed by atoms with van der Waals surface area (Å²) in [5.41, 5.74) is -0.360. The van der Waals surface area contributed by atoms with Gasteiger partial charge in [-0.2, -0.15) is 5.26 Å². The van der Waals surface area contributed by atoms with Crippen LogP contribution in [0.15, 0.2) is 0 Å². The number of ether oxygens (including phenoxy) is 1. The normalized spacial score (nSPS) is 14.4. The van der Waals surface area contributed by atoms with E-state index in [9.17, 15) is 0 Å². The molecule has 0 spiro atoms. The van der Waals surface area contributed by atoms with E-state index in [0.717, 1.165) is 51.9 Å². The van der Waals surface area contributed by atoms with Gasteiger partial charge in [-0.25, -0.2) is 0 Å². The molecular weight excluding hydrogens is 200 g/mol. The molecule has 0 aliphatic carbocycles. The van der Waals surface area contributed by atoms with Gasteiger partial charge in [0.05, 0.1) is 6.07 Å². The molecule has 3 heteroatoms. The minimum absolute atomic E-state index is 0.360. The van der Waals surface area contributed by atoms with Crippen LogP contribution in [0.3, 0.4) is 0 Å². The zero-order valence-electron chi connectivity index (χ0n) is 11.0. The minimum atomic E-state index is -0.360. The number of rotatable bonds is 10. The topological polar surface area (TPSA) is 45.0 Å². The first-order chi connectivity index (χ1) is 7.68. The quantitative estimate of drug-likeness (QED) is 0.583. The summed E-state index contributed by atoms with van der Waals surface area (Å²) in [4.78, 5) is 0. The van der Waals surface area contributed by atoms with Crippen LogP contribution in [0, 0.1) is 11.3 Å². The molecule has 0 radical (unpaired) electrons. The second kappa shape index (κ2) is 9.62. The Morgan fingerprint density at radius 3 is 2.50 bits per heavy atom. The molecule has 0 rings (SSSR count). The number of unbranched alkanes of at least 4 members (excludes halogenated alkanes) is 1. The van der Waals surface area contributed by atoms with Crippen molar-refractivity contribution in [1.82, 2.24) is 5.32 Å². The predicted octanol–water partition coefficient (Wildman–Crippen LogP) is 2.87. The van der Waals surface area contributed by atoms with Gasteiger partial charge < -0.3 is 4.74 Å². The van der Waals surface area contributed by atoms with Gasteiger partial charge in [0.15, 0.2) is 0 Å². The molecule has 0 bridgehead atoms. The van der Waals surface area contributed by atoms with Crippen LogP contribution in [0.25, 0.3) is 0 Å². The summed E-state index contributed by atoms with van der Waals surface area (Å²) in [6.07, 6.45) is 5.14. The van der Waals surface area contributed by atoms with E-state index >= 15 is 0 Å². The highest BCUT2D eigenvalue weighted by molar-refractivity contribution is 5.03. The largest absolute Gasteiger partial charge is 0.381 e. The summed E-state index contributed by atoms with van der Waals surface area (Å²) in [6, 6.07) is 2.36. The highest BCUT2D eigenvalue weighted by Crippen LogP contribution is 2.12. The summed E-state index contributed by atoms with van der Waals surface area (Å²) in [5.74, 6) is 0. The lowest BCUT2D eigenvalue weighted by atomic mass is 9.96. The summed E-state index contributed by atoms with van der Waals surface area (Å²) in [6.45, 7) is 8.80. The summed E-state index contributed by atoms with van der Waals surface area (Å²) in [7, 11) is 0. The van der Waals surface area contributed by atoms with Crippen molar-refractivity contribution in [2.24, 2.45) is 0 Å². The van der Waals surface area contributed by atoms with Crippen molar-refractivity contribution in [1.29, 1.82) is 5.26 Å². The standard InChI is InChI=1S/C13H26N2O/c1-4-9-15-13(3,12-14)8-6-7-11-16-10-5-2/h15H,4-11H2,1-3H3. The first kappa shape index (κ1) is 15.4. The smallest absolute Gasteiger partial charge is 0.103 e. The second-order valence-electron chi connectivity index (χ2n) is 4.44. The van der Waals surface area contributed by atoms with Crippen molar-refractivity contribution < 1.29 is 4.74 Å². The van der Waals surface area contributed by atoms with Crippen LogP contribution < -0.4 is 5.32 Å². The summed E-state index contributed by atoms with van der Waals surface area (Å²) < 4.78 is 5.41. The molecule has 0 saturated carbocycles. The van der Waals surface area contributed by atoms with Crippen LogP contribution >= 0.6 is 0 Å². The fraction of sp³-hybridized carbons (Fsp3) is 0.923. The fourth-order valence-corrected chi connectivity index (χ4v) is 1.51. The lowest BCUT2D eigenvalue weighted by Crippen LogP contribution is -2.41. The maximum atomic E-state index is 9.11. The van der Waals surface area contributed by atoms with Gasteiger partial charge in [-0.3, -0.25) is 5.32 Å². The monoisotopic (exact) mass is 226 g/mol. The van der Waals surface area contributed by atoms with E-state index in [2.05, 4.69) is 25.2 Å². The van der Waals surface area contributed by atoms with E-state index in [4.69, 9.17) is 10.00 Å². The van der Waals surface area contributed by atoms with Gasteiger partial charge in [0.2, 0.25) is 0 Å². The Hall–Kier alpha value is -0.590. The molecule has 1 atom stereocenters. The third kappa shape index (κ3) is 7.67. The van der Waals surface area contributed by atoms with Gasteiger partial charge in [-0.15, -0.1) is 0 Å². The maximum absolute atomic E-state index is 9.11. The molecule has 0 aliphatic rings. The summed E-state index contributed by atoms with van der Waals surface area (Å²) >= 11 is 0. The van der Waals surface area contributed by atoms with Crippen LogP contribution in [-0.2, 0) is 4.74 Å². The molecule has 0 fully saturated rings. The zero-order chi connectivity index (χ0) is 12.3. The molecule has 94 valence electrons. The van der Waals surface area contributed by atoms with Gasteiger partial charge in [0.25, 0.3) is 0 Å². The fourth-order valence-electron chi connectivity index (χ4n) is 1.51. The SMILES string of the molecule is CCCNC(C)(C#N)CCCCOCCC. The minimum Gasteiger partial charge on any atom is -0.381 e. The van der Waals surface area contributed by atoms with Crippen LogP contribution in [0.4, 0.5) is 0 Å². The van der Waals surface area contributed by atoms with Crippen molar-refractivity contribution in [3.05, 3.63) is 0 Å². The van der Waals surface area contributed by atoms with E-state index in [0.29, 0.717) is 0 Å². The number of nitrogens with zero attached hydrogens (tertiary/aromatic N) is 1. The molecule has 0 aromatic heterocycles. The average Bonchev–Trinajstić information content (AvgIpc) is 2.31. The third-order valence-electron chi connectivity index (χ3n) is 2.58. The van der Waals surface area contributed by atoms with Crippen molar-refractivity contribution in [3.63, 3.8) is 0 Å². The molecule has 0 saturated heterocycles. The molecule has 0 aliphatic heterocycles. The highest BCUT2D eigenvalue weighted by Gasteiger charge is 2.21. The average molecular weight is 226 g/mol. The Bertz CT molecular complexity index is 201. The van der Waals surface area contributed by atoms with Crippen LogP contribution in [0.5, 0.6) is 0 Å². The zero-order valence-corrected chi connectivity index (χ0v) is 11.0. The number of hydrogen-bond donors (Lipinski definition) is 1. The number of nitriles is 1. The van der Waals surface area contributed by atoms with E-state index in [1.807, 2.05) is 6.92 Å². The van der Waals surface area contributed by atoms with Gasteiger partial charge in [-0.05, 0) is 45.6 Å². The Morgan fingerprint density at radius 2 is 1.94 bits per heavy atom. The molecular formula is C13H26N2O. The second-order valence-corrected chi connectivity index (χ2v) is 4.44. The van der Waals surface area contributed by atoms with E-state index < -0.39 is 0 Å². The lowest BCUT2D eigenvalue weighted by Gasteiger charge is -2.22. The Balaban J connectivity index is 3.58. The lowest BCUT2D eigenvalue weighted by molar-refractivity contribution is 0.129. The molecule has 3 nitrogen and oxygen atoms in total. The van der Waals surface area contributed by atoms with Crippen LogP contribution in [0.1, 0.15) is 52.9 Å². The predicted molar refractivity (Wildman–Crippen MR) is 67.3 cm³/mol. The Kier molecular flexibility index (Phi) is 9.27. The van der Waals surface area contributed by atoms with Crippen molar-refractivity contribution >= 4 is 0 Å². The van der Waals surface area contributed by atoms with E-state index in [-0.39, 0.29) is 5.54 Å². The Morgan fingerprint density at radius 1 is 1.19 bits per heavy atom. The third-order valence-corrected chi connectivity index (χ3v) is 2.58. The van der Waals surface area contributed by atoms with Gasteiger partial charge >= 0.3 is 0 Å². The van der Waals surface area contributed by atoms with Crippen LogP contribution in [-0.4, -0.2) is 25.3 Å². The number of hydrogen-bond acceptors (Lipinski definition) is 3. The molecule has 0 heterocycles.